The number of nitro benzene ring substituents is 1. The summed E-state index contributed by atoms with van der Waals surface area (Å²) in [6.45, 7) is 6.57. The van der Waals surface area contributed by atoms with Crippen molar-refractivity contribution in [1.82, 2.24) is 0 Å². The third kappa shape index (κ3) is 4.49. The van der Waals surface area contributed by atoms with Crippen LogP contribution in [0.25, 0.3) is 0 Å². The van der Waals surface area contributed by atoms with Gasteiger partial charge < -0.3 is 9.47 Å². The smallest absolute Gasteiger partial charge is 0.429 e. The van der Waals surface area contributed by atoms with Crippen LogP contribution in [0, 0.1) is 15.9 Å². The Morgan fingerprint density at radius 3 is 2.45 bits per heavy atom. The number of hydrogen-bond donors (Lipinski definition) is 0. The van der Waals surface area contributed by atoms with Crippen molar-refractivity contribution in [2.75, 3.05) is 0 Å². The molecule has 0 aliphatic heterocycles. The summed E-state index contributed by atoms with van der Waals surface area (Å²) >= 11 is 0. The fourth-order valence-electron chi connectivity index (χ4n) is 1.41. The maximum Gasteiger partial charge on any atom is 0.509 e. The molecule has 1 atom stereocenters. The summed E-state index contributed by atoms with van der Waals surface area (Å²) in [6.07, 6.45) is -1.66. The van der Waals surface area contributed by atoms with Gasteiger partial charge >= 0.3 is 11.8 Å². The van der Waals surface area contributed by atoms with Gasteiger partial charge in [-0.1, -0.05) is 0 Å². The first kappa shape index (κ1) is 15.9. The van der Waals surface area contributed by atoms with Crippen LogP contribution in [0.15, 0.2) is 18.2 Å². The third-order valence-corrected chi connectivity index (χ3v) is 2.30. The van der Waals surface area contributed by atoms with Gasteiger partial charge in [-0.05, 0) is 45.4 Å². The number of halogens is 1. The summed E-state index contributed by atoms with van der Waals surface area (Å²) < 4.78 is 23.4. The van der Waals surface area contributed by atoms with E-state index in [0.717, 1.165) is 12.1 Å². The van der Waals surface area contributed by atoms with Crippen molar-refractivity contribution in [3.63, 3.8) is 0 Å². The number of carbonyl (C=O) groups is 1. The Labute approximate surface area is 115 Å². The molecule has 1 aromatic rings. The van der Waals surface area contributed by atoms with Gasteiger partial charge in [-0.2, -0.15) is 4.39 Å². The molecule has 0 saturated carbocycles. The van der Waals surface area contributed by atoms with Crippen molar-refractivity contribution in [2.24, 2.45) is 0 Å². The molecule has 0 aliphatic rings. The monoisotopic (exact) mass is 285 g/mol. The summed E-state index contributed by atoms with van der Waals surface area (Å²) in [6, 6.07) is 3.32. The van der Waals surface area contributed by atoms with Crippen LogP contribution < -0.4 is 0 Å². The first-order chi connectivity index (χ1) is 9.10. The van der Waals surface area contributed by atoms with Crippen LogP contribution in [0.5, 0.6) is 0 Å². The molecule has 0 aliphatic carbocycles. The number of carbonyl (C=O) groups excluding carboxylic acids is 1. The highest BCUT2D eigenvalue weighted by atomic mass is 19.1. The lowest BCUT2D eigenvalue weighted by atomic mass is 10.1. The number of ether oxygens (including phenoxy) is 2. The highest BCUT2D eigenvalue weighted by Crippen LogP contribution is 2.24. The first-order valence-electron chi connectivity index (χ1n) is 5.93. The third-order valence-electron chi connectivity index (χ3n) is 2.30. The molecule has 0 unspecified atom stereocenters. The van der Waals surface area contributed by atoms with Gasteiger partial charge in [0, 0.05) is 6.07 Å². The fraction of sp³-hybridized carbons (Fsp3) is 0.462. The number of nitro groups is 1. The molecule has 7 heteroatoms. The molecule has 0 heterocycles. The lowest BCUT2D eigenvalue weighted by Crippen LogP contribution is -2.25. The summed E-state index contributed by atoms with van der Waals surface area (Å²) in [4.78, 5) is 21.1. The van der Waals surface area contributed by atoms with E-state index in [4.69, 9.17) is 9.47 Å². The normalized spacial score (nSPS) is 12.7. The minimum Gasteiger partial charge on any atom is -0.429 e. The average molecular weight is 285 g/mol. The molecule has 6 nitrogen and oxygen atoms in total. The van der Waals surface area contributed by atoms with Gasteiger partial charge in [-0.3, -0.25) is 10.1 Å². The van der Waals surface area contributed by atoms with Crippen molar-refractivity contribution in [2.45, 2.75) is 39.4 Å². The van der Waals surface area contributed by atoms with E-state index < -0.39 is 34.3 Å². The molecule has 1 rings (SSSR count). The van der Waals surface area contributed by atoms with Gasteiger partial charge in [0.15, 0.2) is 0 Å². The topological polar surface area (TPSA) is 78.7 Å². The van der Waals surface area contributed by atoms with Crippen molar-refractivity contribution < 1.29 is 23.6 Å². The van der Waals surface area contributed by atoms with Gasteiger partial charge in [-0.25, -0.2) is 4.79 Å². The van der Waals surface area contributed by atoms with E-state index in [2.05, 4.69) is 0 Å². The summed E-state index contributed by atoms with van der Waals surface area (Å²) in [5.41, 5.74) is -1.02. The second kappa shape index (κ2) is 5.85. The SMILES string of the molecule is C[C@H](OC(=O)OC(C)(C)C)c1ccc([N+](=O)[O-])c(F)c1. The zero-order valence-corrected chi connectivity index (χ0v) is 11.7. The first-order valence-corrected chi connectivity index (χ1v) is 5.93. The van der Waals surface area contributed by atoms with Gasteiger partial charge in [0.25, 0.3) is 0 Å². The molecule has 0 spiro atoms. The van der Waals surface area contributed by atoms with Crippen molar-refractivity contribution in [1.29, 1.82) is 0 Å². The van der Waals surface area contributed by atoms with Gasteiger partial charge in [-0.15, -0.1) is 0 Å². The van der Waals surface area contributed by atoms with Crippen molar-refractivity contribution >= 4 is 11.8 Å². The Kier molecular flexibility index (Phi) is 4.65. The molecular formula is C13H16FNO5. The van der Waals surface area contributed by atoms with Gasteiger partial charge in [0.1, 0.15) is 11.7 Å². The molecule has 0 bridgehead atoms. The van der Waals surface area contributed by atoms with Gasteiger partial charge in [0.2, 0.25) is 5.82 Å². The summed E-state index contributed by atoms with van der Waals surface area (Å²) in [5.74, 6) is -0.980. The van der Waals surface area contributed by atoms with E-state index in [-0.39, 0.29) is 0 Å². The van der Waals surface area contributed by atoms with Gasteiger partial charge in [0.05, 0.1) is 4.92 Å². The standard InChI is InChI=1S/C13H16FNO5/c1-8(19-12(16)20-13(2,3)4)9-5-6-11(15(17)18)10(14)7-9/h5-8H,1-4H3/t8-/m0/s1. The Balaban J connectivity index is 2.78. The number of nitrogens with zero attached hydrogens (tertiary/aromatic N) is 1. The summed E-state index contributed by atoms with van der Waals surface area (Å²) in [7, 11) is 0. The maximum absolute atomic E-state index is 13.5. The summed E-state index contributed by atoms with van der Waals surface area (Å²) in [5, 5.41) is 10.5. The predicted octanol–water partition coefficient (Wildman–Crippen LogP) is 3.75. The van der Waals surface area contributed by atoms with E-state index in [1.54, 1.807) is 20.8 Å². The largest absolute Gasteiger partial charge is 0.509 e. The number of rotatable bonds is 3. The molecule has 20 heavy (non-hydrogen) atoms. The molecule has 1 aromatic carbocycles. The minimum atomic E-state index is -0.980. The van der Waals surface area contributed by atoms with Crippen molar-refractivity contribution in [3.8, 4) is 0 Å². The van der Waals surface area contributed by atoms with Crippen LogP contribution in [-0.2, 0) is 9.47 Å². The highest BCUT2D eigenvalue weighted by Gasteiger charge is 2.22. The predicted molar refractivity (Wildman–Crippen MR) is 68.8 cm³/mol. The zero-order valence-electron chi connectivity index (χ0n) is 11.7. The lowest BCUT2D eigenvalue weighted by molar-refractivity contribution is -0.387. The molecule has 0 saturated heterocycles. The second-order valence-corrected chi connectivity index (χ2v) is 5.19. The van der Waals surface area contributed by atoms with Crippen LogP contribution in [0.4, 0.5) is 14.9 Å². The molecule has 110 valence electrons. The van der Waals surface area contributed by atoms with Crippen LogP contribution >= 0.6 is 0 Å². The van der Waals surface area contributed by atoms with E-state index in [1.807, 2.05) is 0 Å². The second-order valence-electron chi connectivity index (χ2n) is 5.19. The maximum atomic E-state index is 13.5. The fourth-order valence-corrected chi connectivity index (χ4v) is 1.41. The van der Waals surface area contributed by atoms with E-state index >= 15 is 0 Å². The molecule has 0 N–H and O–H groups in total. The van der Waals surface area contributed by atoms with E-state index in [0.29, 0.717) is 5.56 Å². The van der Waals surface area contributed by atoms with Crippen LogP contribution in [0.1, 0.15) is 39.4 Å². The average Bonchev–Trinajstić information content (AvgIpc) is 2.25. The molecule has 0 fully saturated rings. The van der Waals surface area contributed by atoms with Crippen LogP contribution in [-0.4, -0.2) is 16.7 Å². The zero-order chi connectivity index (χ0) is 15.5. The van der Waals surface area contributed by atoms with Crippen LogP contribution in [0.3, 0.4) is 0 Å². The molecule has 0 radical (unpaired) electrons. The minimum absolute atomic E-state index is 0.305. The Morgan fingerprint density at radius 1 is 1.40 bits per heavy atom. The highest BCUT2D eigenvalue weighted by molar-refractivity contribution is 5.61. The number of hydrogen-bond acceptors (Lipinski definition) is 5. The Hall–Kier alpha value is -2.18. The van der Waals surface area contributed by atoms with E-state index in [1.165, 1.54) is 13.0 Å². The van der Waals surface area contributed by atoms with Crippen LogP contribution in [0.2, 0.25) is 0 Å². The molecule has 0 aromatic heterocycles. The van der Waals surface area contributed by atoms with E-state index in [9.17, 15) is 19.3 Å². The molecule has 0 amide bonds. The Morgan fingerprint density at radius 2 is 2.00 bits per heavy atom. The van der Waals surface area contributed by atoms with Crippen molar-refractivity contribution in [3.05, 3.63) is 39.7 Å². The Bertz CT molecular complexity index is 524. The quantitative estimate of drug-likeness (QED) is 0.480. The molecular weight excluding hydrogens is 269 g/mol. The lowest BCUT2D eigenvalue weighted by Gasteiger charge is -2.21. The number of benzene rings is 1.